The quantitative estimate of drug-likeness (QED) is 0.459. The van der Waals surface area contributed by atoms with Gasteiger partial charge in [0.2, 0.25) is 15.9 Å². The molecule has 1 saturated heterocycles. The van der Waals surface area contributed by atoms with Gasteiger partial charge in [-0.15, -0.1) is 11.3 Å². The fourth-order valence-electron chi connectivity index (χ4n) is 4.05. The third-order valence-electron chi connectivity index (χ3n) is 6.02. The Kier molecular flexibility index (Phi) is 5.77. The van der Waals surface area contributed by atoms with E-state index in [2.05, 4.69) is 10.3 Å². The lowest BCUT2D eigenvalue weighted by molar-refractivity contribution is -0.120. The summed E-state index contributed by atoms with van der Waals surface area (Å²) in [7, 11) is -3.53. The van der Waals surface area contributed by atoms with E-state index >= 15 is 0 Å². The van der Waals surface area contributed by atoms with Crippen LogP contribution in [-0.2, 0) is 14.8 Å². The van der Waals surface area contributed by atoms with Gasteiger partial charge in [0.1, 0.15) is 0 Å². The topological polar surface area (TPSA) is 83.8 Å². The van der Waals surface area contributed by atoms with E-state index in [1.807, 2.05) is 53.4 Å². The number of hydrogen-bond donors (Lipinski definition) is 1. The Morgan fingerprint density at radius 1 is 1.06 bits per heavy atom. The number of carbonyl (C=O) groups excluding carboxylic acids is 1. The number of fused-ring (bicyclic) bond motifs is 1. The summed E-state index contributed by atoms with van der Waals surface area (Å²) in [6.07, 6.45) is 4.96. The van der Waals surface area contributed by atoms with Gasteiger partial charge in [-0.2, -0.15) is 4.31 Å². The minimum atomic E-state index is -3.53. The summed E-state index contributed by atoms with van der Waals surface area (Å²) in [5, 5.41) is 4.97. The Balaban J connectivity index is 1.19. The predicted octanol–water partition coefficient (Wildman–Crippen LogP) is 4.41. The second-order valence-corrected chi connectivity index (χ2v) is 11.1. The number of rotatable bonds is 5. The largest absolute Gasteiger partial charge is 0.326 e. The highest BCUT2D eigenvalue weighted by Crippen LogP contribution is 2.26. The van der Waals surface area contributed by atoms with Gasteiger partial charge in [-0.3, -0.25) is 9.20 Å². The molecule has 3 heterocycles. The molecule has 1 amide bonds. The molecule has 4 aromatic rings. The predicted molar refractivity (Wildman–Crippen MR) is 130 cm³/mol. The van der Waals surface area contributed by atoms with Crippen molar-refractivity contribution >= 4 is 37.9 Å². The van der Waals surface area contributed by atoms with Crippen LogP contribution in [0.5, 0.6) is 0 Å². The fraction of sp³-hybridized carbons (Fsp3) is 0.250. The van der Waals surface area contributed by atoms with Gasteiger partial charge in [0.05, 0.1) is 10.6 Å². The zero-order valence-corrected chi connectivity index (χ0v) is 19.8. The van der Waals surface area contributed by atoms with Crippen LogP contribution >= 0.6 is 11.3 Å². The highest BCUT2D eigenvalue weighted by molar-refractivity contribution is 7.89. The van der Waals surface area contributed by atoms with Crippen LogP contribution in [0.25, 0.3) is 16.2 Å². The molecule has 1 N–H and O–H groups in total. The first-order valence-corrected chi connectivity index (χ1v) is 13.1. The number of nitrogens with one attached hydrogen (secondary N) is 1. The van der Waals surface area contributed by atoms with Gasteiger partial charge >= 0.3 is 0 Å². The third kappa shape index (κ3) is 4.44. The van der Waals surface area contributed by atoms with Crippen LogP contribution in [0.15, 0.2) is 71.2 Å². The van der Waals surface area contributed by atoms with Gasteiger partial charge in [0.25, 0.3) is 0 Å². The molecule has 0 unspecified atom stereocenters. The SMILES string of the molecule is Cc1ccc(S(=O)(=O)N2CCC(C(=O)Nc3ccc(-c4cn5ccsc5n4)cc3)CC2)cc1. The normalized spacial score (nSPS) is 15.7. The molecule has 9 heteroatoms. The molecule has 0 spiro atoms. The van der Waals surface area contributed by atoms with Crippen molar-refractivity contribution in [2.45, 2.75) is 24.7 Å². The third-order valence-corrected chi connectivity index (χ3v) is 8.71. The molecule has 7 nitrogen and oxygen atoms in total. The summed E-state index contributed by atoms with van der Waals surface area (Å²) in [5.74, 6) is -0.285. The van der Waals surface area contributed by atoms with E-state index in [-0.39, 0.29) is 11.8 Å². The highest BCUT2D eigenvalue weighted by atomic mass is 32.2. The molecular weight excluding hydrogens is 456 g/mol. The lowest BCUT2D eigenvalue weighted by atomic mass is 9.97. The number of aromatic nitrogens is 2. The van der Waals surface area contributed by atoms with Crippen LogP contribution < -0.4 is 5.32 Å². The van der Waals surface area contributed by atoms with Crippen molar-refractivity contribution in [1.29, 1.82) is 0 Å². The zero-order chi connectivity index (χ0) is 23.0. The van der Waals surface area contributed by atoms with Crippen molar-refractivity contribution in [3.63, 3.8) is 0 Å². The van der Waals surface area contributed by atoms with Crippen molar-refractivity contribution in [3.05, 3.63) is 71.9 Å². The first-order chi connectivity index (χ1) is 15.9. The molecule has 0 radical (unpaired) electrons. The van der Waals surface area contributed by atoms with Gasteiger partial charge < -0.3 is 5.32 Å². The molecule has 2 aromatic heterocycles. The van der Waals surface area contributed by atoms with Crippen LogP contribution in [0.1, 0.15) is 18.4 Å². The molecule has 1 aliphatic heterocycles. The van der Waals surface area contributed by atoms with Gasteiger partial charge in [-0.25, -0.2) is 13.4 Å². The summed E-state index contributed by atoms with van der Waals surface area (Å²) >= 11 is 1.58. The summed E-state index contributed by atoms with van der Waals surface area (Å²) in [4.78, 5) is 18.6. The second kappa shape index (κ2) is 8.74. The van der Waals surface area contributed by atoms with E-state index in [0.29, 0.717) is 30.8 Å². The number of carbonyl (C=O) groups is 1. The Morgan fingerprint density at radius 2 is 1.76 bits per heavy atom. The summed E-state index contributed by atoms with van der Waals surface area (Å²) < 4.78 is 29.2. The number of aryl methyl sites for hydroxylation is 1. The van der Waals surface area contributed by atoms with Crippen LogP contribution in [0.3, 0.4) is 0 Å². The standard InChI is InChI=1S/C24H24N4O3S2/c1-17-2-8-21(9-3-17)33(30,31)28-12-10-19(11-13-28)23(29)25-20-6-4-18(5-7-20)22-16-27-14-15-32-24(27)26-22/h2-9,14-16,19H,10-13H2,1H3,(H,25,29). The smallest absolute Gasteiger partial charge is 0.243 e. The van der Waals surface area contributed by atoms with E-state index in [1.54, 1.807) is 35.6 Å². The van der Waals surface area contributed by atoms with Crippen molar-refractivity contribution in [2.24, 2.45) is 5.92 Å². The average molecular weight is 481 g/mol. The van der Waals surface area contributed by atoms with Crippen molar-refractivity contribution in [1.82, 2.24) is 13.7 Å². The number of piperidine rings is 1. The molecule has 0 aliphatic carbocycles. The highest BCUT2D eigenvalue weighted by Gasteiger charge is 2.32. The minimum Gasteiger partial charge on any atom is -0.326 e. The Bertz CT molecular complexity index is 1350. The van der Waals surface area contributed by atoms with Crippen LogP contribution in [0, 0.1) is 12.8 Å². The molecule has 0 bridgehead atoms. The first-order valence-electron chi connectivity index (χ1n) is 10.8. The molecule has 5 rings (SSSR count). The van der Waals surface area contributed by atoms with Crippen LogP contribution in [0.2, 0.25) is 0 Å². The van der Waals surface area contributed by atoms with Crippen molar-refractivity contribution in [2.75, 3.05) is 18.4 Å². The second-order valence-electron chi connectivity index (χ2n) is 8.28. The lowest BCUT2D eigenvalue weighted by Gasteiger charge is -2.30. The first kappa shape index (κ1) is 21.8. The summed E-state index contributed by atoms with van der Waals surface area (Å²) in [6.45, 7) is 2.60. The molecule has 1 aliphatic rings. The Hall–Kier alpha value is -3.01. The van der Waals surface area contributed by atoms with E-state index in [1.165, 1.54) is 4.31 Å². The molecule has 2 aromatic carbocycles. The number of imidazole rings is 1. The average Bonchev–Trinajstić information content (AvgIpc) is 3.43. The van der Waals surface area contributed by atoms with Gasteiger partial charge in [-0.05, 0) is 44.0 Å². The number of hydrogen-bond acceptors (Lipinski definition) is 5. The summed E-state index contributed by atoms with van der Waals surface area (Å²) in [5.41, 5.74) is 3.61. The van der Waals surface area contributed by atoms with Crippen LogP contribution in [-0.4, -0.2) is 41.1 Å². The molecule has 170 valence electrons. The van der Waals surface area contributed by atoms with E-state index in [9.17, 15) is 13.2 Å². The fourth-order valence-corrected chi connectivity index (χ4v) is 6.22. The number of sulfonamides is 1. The minimum absolute atomic E-state index is 0.0716. The number of thiazole rings is 1. The van der Waals surface area contributed by atoms with Crippen molar-refractivity contribution < 1.29 is 13.2 Å². The summed E-state index contributed by atoms with van der Waals surface area (Å²) in [6, 6.07) is 14.5. The number of nitrogens with zero attached hydrogens (tertiary/aromatic N) is 3. The zero-order valence-electron chi connectivity index (χ0n) is 18.1. The Morgan fingerprint density at radius 3 is 2.42 bits per heavy atom. The van der Waals surface area contributed by atoms with Gasteiger partial charge in [0.15, 0.2) is 4.96 Å². The Labute approximate surface area is 196 Å². The van der Waals surface area contributed by atoms with Gasteiger partial charge in [-0.1, -0.05) is 29.8 Å². The number of anilines is 1. The number of amides is 1. The van der Waals surface area contributed by atoms with E-state index < -0.39 is 10.0 Å². The molecule has 0 atom stereocenters. The maximum atomic E-state index is 12.9. The maximum Gasteiger partial charge on any atom is 0.243 e. The number of benzene rings is 2. The molecule has 0 saturated carbocycles. The molecule has 1 fully saturated rings. The maximum absolute atomic E-state index is 12.9. The van der Waals surface area contributed by atoms with E-state index in [0.717, 1.165) is 27.5 Å². The molecule has 33 heavy (non-hydrogen) atoms. The monoisotopic (exact) mass is 480 g/mol. The van der Waals surface area contributed by atoms with Crippen LogP contribution in [0.4, 0.5) is 5.69 Å². The van der Waals surface area contributed by atoms with E-state index in [4.69, 9.17) is 0 Å². The van der Waals surface area contributed by atoms with Crippen molar-refractivity contribution in [3.8, 4) is 11.3 Å². The van der Waals surface area contributed by atoms with Gasteiger partial charge in [0, 0.05) is 48.0 Å². The molecular formula is C24H24N4O3S2. The lowest BCUT2D eigenvalue weighted by Crippen LogP contribution is -2.41.